The van der Waals surface area contributed by atoms with Gasteiger partial charge in [0.1, 0.15) is 6.10 Å². The summed E-state index contributed by atoms with van der Waals surface area (Å²) in [5.41, 5.74) is 1.05. The van der Waals surface area contributed by atoms with Crippen molar-refractivity contribution in [1.82, 2.24) is 0 Å². The zero-order valence-electron chi connectivity index (χ0n) is 10.6. The summed E-state index contributed by atoms with van der Waals surface area (Å²) in [4.78, 5) is 12.1. The van der Waals surface area contributed by atoms with E-state index in [4.69, 9.17) is 9.47 Å². The molecule has 19 heavy (non-hydrogen) atoms. The predicted octanol–water partition coefficient (Wildman–Crippen LogP) is 4.44. The molecule has 0 saturated carbocycles. The molecular formula is C14H13BrO3S. The molecule has 5 heteroatoms. The molecule has 0 fully saturated rings. The minimum atomic E-state index is -0.383. The topological polar surface area (TPSA) is 35.5 Å². The molecule has 0 spiro atoms. The second-order valence-electron chi connectivity index (χ2n) is 3.90. The number of carbonyl (C=O) groups excluding carboxylic acids is 1. The summed E-state index contributed by atoms with van der Waals surface area (Å²) < 4.78 is 11.4. The second kappa shape index (κ2) is 6.21. The molecule has 2 rings (SSSR count). The van der Waals surface area contributed by atoms with Gasteiger partial charge in [0.05, 0.1) is 11.6 Å². The fourth-order valence-corrected chi connectivity index (χ4v) is 3.11. The molecule has 0 aliphatic carbocycles. The van der Waals surface area contributed by atoms with E-state index in [0.717, 1.165) is 10.0 Å². The van der Waals surface area contributed by atoms with Gasteiger partial charge in [0.15, 0.2) is 10.6 Å². The fourth-order valence-electron chi connectivity index (χ4n) is 1.64. The van der Waals surface area contributed by atoms with Gasteiger partial charge >= 0.3 is 5.97 Å². The molecular weight excluding hydrogens is 328 g/mol. The van der Waals surface area contributed by atoms with Gasteiger partial charge in [0.2, 0.25) is 0 Å². The van der Waals surface area contributed by atoms with Crippen LogP contribution in [0.25, 0.3) is 0 Å². The highest BCUT2D eigenvalue weighted by atomic mass is 79.9. The van der Waals surface area contributed by atoms with Crippen LogP contribution in [0.15, 0.2) is 40.2 Å². The molecule has 0 N–H and O–H groups in total. The van der Waals surface area contributed by atoms with E-state index in [1.54, 1.807) is 0 Å². The quantitative estimate of drug-likeness (QED) is 0.772. The highest BCUT2D eigenvalue weighted by Crippen LogP contribution is 2.38. The number of thiophene rings is 1. The van der Waals surface area contributed by atoms with E-state index in [2.05, 4.69) is 15.9 Å². The van der Waals surface area contributed by atoms with E-state index in [1.807, 2.05) is 42.6 Å². The van der Waals surface area contributed by atoms with Gasteiger partial charge in [0.25, 0.3) is 0 Å². The molecule has 0 radical (unpaired) electrons. The van der Waals surface area contributed by atoms with Crippen molar-refractivity contribution in [2.75, 3.05) is 7.11 Å². The first-order valence-corrected chi connectivity index (χ1v) is 7.37. The molecule has 0 amide bonds. The number of esters is 1. The molecule has 0 bridgehead atoms. The van der Waals surface area contributed by atoms with Crippen LogP contribution in [0.1, 0.15) is 28.3 Å². The minimum Gasteiger partial charge on any atom is -0.483 e. The highest BCUT2D eigenvalue weighted by molar-refractivity contribution is 9.10. The maximum atomic E-state index is 11.7. The molecule has 1 unspecified atom stereocenters. The van der Waals surface area contributed by atoms with Crippen LogP contribution in [0.2, 0.25) is 0 Å². The maximum absolute atomic E-state index is 11.7. The lowest BCUT2D eigenvalue weighted by atomic mass is 10.1. The summed E-state index contributed by atoms with van der Waals surface area (Å²) in [6, 6.07) is 9.85. The van der Waals surface area contributed by atoms with Crippen LogP contribution in [0.4, 0.5) is 0 Å². The summed E-state index contributed by atoms with van der Waals surface area (Å²) in [6.45, 7) is 1.94. The number of methoxy groups -OCH3 is 1. The SMILES string of the molecule is COC(=O)c1scc(Br)c1OC(C)c1ccccc1. The lowest BCUT2D eigenvalue weighted by molar-refractivity contribution is 0.0599. The van der Waals surface area contributed by atoms with Gasteiger partial charge in [0, 0.05) is 5.38 Å². The third-order valence-electron chi connectivity index (χ3n) is 2.64. The Kier molecular flexibility index (Phi) is 4.61. The van der Waals surface area contributed by atoms with Crippen molar-refractivity contribution >= 4 is 33.2 Å². The lowest BCUT2D eigenvalue weighted by Crippen LogP contribution is -2.07. The molecule has 3 nitrogen and oxygen atoms in total. The van der Waals surface area contributed by atoms with Crippen molar-refractivity contribution in [3.05, 3.63) is 50.6 Å². The van der Waals surface area contributed by atoms with Crippen molar-refractivity contribution in [3.8, 4) is 5.75 Å². The molecule has 0 saturated heterocycles. The molecule has 1 aromatic heterocycles. The van der Waals surface area contributed by atoms with E-state index < -0.39 is 0 Å². The monoisotopic (exact) mass is 340 g/mol. The third kappa shape index (κ3) is 3.16. The minimum absolute atomic E-state index is 0.143. The predicted molar refractivity (Wildman–Crippen MR) is 78.8 cm³/mol. The Morgan fingerprint density at radius 3 is 2.63 bits per heavy atom. The Hall–Kier alpha value is -1.33. The normalized spacial score (nSPS) is 11.9. The van der Waals surface area contributed by atoms with Crippen LogP contribution in [-0.4, -0.2) is 13.1 Å². The zero-order chi connectivity index (χ0) is 13.8. The summed E-state index contributed by atoms with van der Waals surface area (Å²) in [5, 5.41) is 1.82. The average molecular weight is 341 g/mol. The van der Waals surface area contributed by atoms with Crippen LogP contribution in [0.3, 0.4) is 0 Å². The molecule has 1 atom stereocenters. The Bertz CT molecular complexity index is 565. The van der Waals surface area contributed by atoms with E-state index in [9.17, 15) is 4.79 Å². The van der Waals surface area contributed by atoms with Gasteiger partial charge in [-0.15, -0.1) is 11.3 Å². The van der Waals surface area contributed by atoms with Gasteiger partial charge in [-0.25, -0.2) is 4.79 Å². The van der Waals surface area contributed by atoms with Gasteiger partial charge < -0.3 is 9.47 Å². The third-order valence-corrected chi connectivity index (χ3v) is 4.47. The molecule has 1 aromatic carbocycles. The Labute approximate surface area is 124 Å². The molecule has 0 aliphatic rings. The standard InChI is InChI=1S/C14H13BrO3S/c1-9(10-6-4-3-5-7-10)18-12-11(15)8-19-13(12)14(16)17-2/h3-9H,1-2H3. The Morgan fingerprint density at radius 1 is 1.32 bits per heavy atom. The summed E-state index contributed by atoms with van der Waals surface area (Å²) >= 11 is 4.69. The van der Waals surface area contributed by atoms with Crippen molar-refractivity contribution in [2.45, 2.75) is 13.0 Å². The second-order valence-corrected chi connectivity index (χ2v) is 5.64. The van der Waals surface area contributed by atoms with E-state index in [1.165, 1.54) is 18.4 Å². The Morgan fingerprint density at radius 2 is 2.00 bits per heavy atom. The largest absolute Gasteiger partial charge is 0.483 e. The summed E-state index contributed by atoms with van der Waals surface area (Å²) in [5.74, 6) is 0.152. The zero-order valence-corrected chi connectivity index (χ0v) is 13.0. The molecule has 100 valence electrons. The van der Waals surface area contributed by atoms with E-state index >= 15 is 0 Å². The van der Waals surface area contributed by atoms with Gasteiger partial charge in [-0.05, 0) is 28.4 Å². The maximum Gasteiger partial charge on any atom is 0.351 e. The van der Waals surface area contributed by atoms with Crippen LogP contribution in [-0.2, 0) is 4.74 Å². The average Bonchev–Trinajstić information content (AvgIpc) is 2.80. The number of hydrogen-bond donors (Lipinski definition) is 0. The van der Waals surface area contributed by atoms with Gasteiger partial charge in [-0.1, -0.05) is 30.3 Å². The summed E-state index contributed by atoms with van der Waals surface area (Å²) in [6.07, 6.45) is -0.143. The number of rotatable bonds is 4. The number of ether oxygens (including phenoxy) is 2. The number of hydrogen-bond acceptors (Lipinski definition) is 4. The van der Waals surface area contributed by atoms with Crippen LogP contribution >= 0.6 is 27.3 Å². The van der Waals surface area contributed by atoms with Gasteiger partial charge in [-0.3, -0.25) is 0 Å². The first-order valence-electron chi connectivity index (χ1n) is 5.70. The molecule has 1 heterocycles. The molecule has 2 aromatic rings. The van der Waals surface area contributed by atoms with Crippen LogP contribution < -0.4 is 4.74 Å². The highest BCUT2D eigenvalue weighted by Gasteiger charge is 2.21. The number of carbonyl (C=O) groups is 1. The summed E-state index contributed by atoms with van der Waals surface area (Å²) in [7, 11) is 1.36. The van der Waals surface area contributed by atoms with E-state index in [0.29, 0.717) is 10.6 Å². The Balaban J connectivity index is 2.24. The first kappa shape index (κ1) is 14.1. The van der Waals surface area contributed by atoms with Gasteiger partial charge in [-0.2, -0.15) is 0 Å². The van der Waals surface area contributed by atoms with Crippen molar-refractivity contribution < 1.29 is 14.3 Å². The smallest absolute Gasteiger partial charge is 0.351 e. The fraction of sp³-hybridized carbons (Fsp3) is 0.214. The van der Waals surface area contributed by atoms with Crippen molar-refractivity contribution in [2.24, 2.45) is 0 Å². The number of benzene rings is 1. The van der Waals surface area contributed by atoms with E-state index in [-0.39, 0.29) is 12.1 Å². The number of halogens is 1. The van der Waals surface area contributed by atoms with Crippen LogP contribution in [0.5, 0.6) is 5.75 Å². The lowest BCUT2D eigenvalue weighted by Gasteiger charge is -2.15. The first-order chi connectivity index (χ1) is 9.13. The van der Waals surface area contributed by atoms with Crippen molar-refractivity contribution in [3.63, 3.8) is 0 Å². The van der Waals surface area contributed by atoms with Crippen LogP contribution in [0, 0.1) is 0 Å². The molecule has 0 aliphatic heterocycles. The van der Waals surface area contributed by atoms with Crippen molar-refractivity contribution in [1.29, 1.82) is 0 Å².